The fourth-order valence-electron chi connectivity index (χ4n) is 3.86. The van der Waals surface area contributed by atoms with Crippen LogP contribution in [0.2, 0.25) is 0 Å². The van der Waals surface area contributed by atoms with E-state index in [1.807, 2.05) is 32.9 Å². The maximum atomic E-state index is 12.6. The third-order valence-electron chi connectivity index (χ3n) is 5.08. The number of nitrogens with zero attached hydrogens (tertiary/aromatic N) is 1. The number of rotatable bonds is 4. The zero-order chi connectivity index (χ0) is 18.7. The van der Waals surface area contributed by atoms with E-state index < -0.39 is 5.60 Å². The molecule has 1 aromatic rings. The molecule has 0 radical (unpaired) electrons. The molecule has 0 spiro atoms. The maximum Gasteiger partial charge on any atom is 0.414 e. The van der Waals surface area contributed by atoms with Gasteiger partial charge in [-0.25, -0.2) is 4.79 Å². The zero-order valence-corrected chi connectivity index (χ0v) is 16.2. The van der Waals surface area contributed by atoms with Gasteiger partial charge in [0.1, 0.15) is 11.4 Å². The standard InChI is InChI=1S/C21H31NO4/c1-21(2,3)26-20(24)22-14-15(11-12-23)18-13-17(9-10-19(18)22)25-16-7-5-4-6-8-16/h9-10,13,15-16,23H,4-8,11-12,14H2,1-3H3. The number of carbonyl (C=O) groups is 1. The van der Waals surface area contributed by atoms with E-state index in [9.17, 15) is 9.90 Å². The van der Waals surface area contributed by atoms with E-state index in [0.717, 1.165) is 29.8 Å². The van der Waals surface area contributed by atoms with E-state index in [-0.39, 0.29) is 18.6 Å². The number of ether oxygens (including phenoxy) is 2. The van der Waals surface area contributed by atoms with Crippen LogP contribution in [0.3, 0.4) is 0 Å². The van der Waals surface area contributed by atoms with E-state index in [4.69, 9.17) is 9.47 Å². The summed E-state index contributed by atoms with van der Waals surface area (Å²) < 4.78 is 11.7. The Morgan fingerprint density at radius 1 is 1.23 bits per heavy atom. The Kier molecular flexibility index (Phi) is 5.76. The van der Waals surface area contributed by atoms with Gasteiger partial charge < -0.3 is 14.6 Å². The average Bonchev–Trinajstić information content (AvgIpc) is 2.93. The molecule has 0 aromatic heterocycles. The molecule has 1 atom stereocenters. The molecule has 5 heteroatoms. The van der Waals surface area contributed by atoms with Crippen molar-refractivity contribution in [3.8, 4) is 5.75 Å². The first-order chi connectivity index (χ1) is 12.4. The summed E-state index contributed by atoms with van der Waals surface area (Å²) >= 11 is 0. The highest BCUT2D eigenvalue weighted by atomic mass is 16.6. The van der Waals surface area contributed by atoms with Crippen molar-refractivity contribution in [3.63, 3.8) is 0 Å². The van der Waals surface area contributed by atoms with Crippen molar-refractivity contribution in [3.05, 3.63) is 23.8 Å². The van der Waals surface area contributed by atoms with Crippen LogP contribution in [-0.2, 0) is 4.74 Å². The molecule has 0 bridgehead atoms. The topological polar surface area (TPSA) is 59.0 Å². The van der Waals surface area contributed by atoms with Crippen molar-refractivity contribution in [1.29, 1.82) is 0 Å². The Morgan fingerprint density at radius 2 is 1.96 bits per heavy atom. The first-order valence-electron chi connectivity index (χ1n) is 9.79. The molecule has 1 aromatic carbocycles. The van der Waals surface area contributed by atoms with Crippen LogP contribution in [-0.4, -0.2) is 36.1 Å². The van der Waals surface area contributed by atoms with Gasteiger partial charge in [-0.2, -0.15) is 0 Å². The van der Waals surface area contributed by atoms with Crippen molar-refractivity contribution in [2.24, 2.45) is 0 Å². The molecule has 0 saturated heterocycles. The summed E-state index contributed by atoms with van der Waals surface area (Å²) in [5.41, 5.74) is 1.41. The molecule has 3 rings (SSSR count). The number of aliphatic hydroxyl groups excluding tert-OH is 1. The van der Waals surface area contributed by atoms with E-state index in [0.29, 0.717) is 19.1 Å². The van der Waals surface area contributed by atoms with Gasteiger partial charge in [-0.05, 0) is 76.6 Å². The third kappa shape index (κ3) is 4.50. The largest absolute Gasteiger partial charge is 0.490 e. The monoisotopic (exact) mass is 361 g/mol. The van der Waals surface area contributed by atoms with Crippen molar-refractivity contribution in [2.45, 2.75) is 76.9 Å². The minimum absolute atomic E-state index is 0.0972. The summed E-state index contributed by atoms with van der Waals surface area (Å²) in [6.07, 6.45) is 6.57. The second-order valence-corrected chi connectivity index (χ2v) is 8.40. The smallest absolute Gasteiger partial charge is 0.414 e. The second-order valence-electron chi connectivity index (χ2n) is 8.40. The van der Waals surface area contributed by atoms with Crippen molar-refractivity contribution in [2.75, 3.05) is 18.1 Å². The molecular formula is C21H31NO4. The van der Waals surface area contributed by atoms with Crippen molar-refractivity contribution < 1.29 is 19.4 Å². The maximum absolute atomic E-state index is 12.6. The molecule has 1 unspecified atom stereocenters. The molecule has 26 heavy (non-hydrogen) atoms. The first kappa shape index (κ1) is 19.0. The van der Waals surface area contributed by atoms with Crippen LogP contribution in [0, 0.1) is 0 Å². The average molecular weight is 361 g/mol. The molecule has 1 saturated carbocycles. The Hall–Kier alpha value is -1.75. The Bertz CT molecular complexity index is 631. The van der Waals surface area contributed by atoms with Gasteiger partial charge in [-0.3, -0.25) is 4.90 Å². The number of hydrogen-bond donors (Lipinski definition) is 1. The second kappa shape index (κ2) is 7.87. The van der Waals surface area contributed by atoms with Gasteiger partial charge in [0, 0.05) is 19.1 Å². The first-order valence-corrected chi connectivity index (χ1v) is 9.79. The summed E-state index contributed by atoms with van der Waals surface area (Å²) in [7, 11) is 0. The molecule has 1 fully saturated rings. The highest BCUT2D eigenvalue weighted by molar-refractivity contribution is 5.91. The van der Waals surface area contributed by atoms with Crippen LogP contribution >= 0.6 is 0 Å². The number of fused-ring (bicyclic) bond motifs is 1. The molecule has 5 nitrogen and oxygen atoms in total. The minimum atomic E-state index is -0.531. The normalized spacial score (nSPS) is 20.8. The lowest BCUT2D eigenvalue weighted by Gasteiger charge is -2.25. The summed E-state index contributed by atoms with van der Waals surface area (Å²) in [5, 5.41) is 9.43. The number of benzene rings is 1. The van der Waals surface area contributed by atoms with Crippen LogP contribution in [0.4, 0.5) is 10.5 Å². The summed E-state index contributed by atoms with van der Waals surface area (Å²) in [4.78, 5) is 14.3. The van der Waals surface area contributed by atoms with Gasteiger partial charge in [-0.1, -0.05) is 6.42 Å². The van der Waals surface area contributed by atoms with E-state index >= 15 is 0 Å². The predicted octanol–water partition coefficient (Wildman–Crippen LogP) is 4.62. The molecular weight excluding hydrogens is 330 g/mol. The molecule has 1 aliphatic carbocycles. The molecule has 2 aliphatic rings. The van der Waals surface area contributed by atoms with Gasteiger partial charge in [0.15, 0.2) is 0 Å². The highest BCUT2D eigenvalue weighted by Gasteiger charge is 2.35. The van der Waals surface area contributed by atoms with Crippen LogP contribution < -0.4 is 9.64 Å². The van der Waals surface area contributed by atoms with Gasteiger partial charge in [0.25, 0.3) is 0 Å². The molecule has 1 aliphatic heterocycles. The van der Waals surface area contributed by atoms with Crippen LogP contribution in [0.25, 0.3) is 0 Å². The van der Waals surface area contributed by atoms with E-state index in [2.05, 4.69) is 6.07 Å². The van der Waals surface area contributed by atoms with Crippen molar-refractivity contribution >= 4 is 11.8 Å². The Labute approximate surface area is 156 Å². The Balaban J connectivity index is 1.79. The van der Waals surface area contributed by atoms with E-state index in [1.165, 1.54) is 19.3 Å². The van der Waals surface area contributed by atoms with Gasteiger partial charge in [-0.15, -0.1) is 0 Å². The number of carbonyl (C=O) groups excluding carboxylic acids is 1. The third-order valence-corrected chi connectivity index (χ3v) is 5.08. The van der Waals surface area contributed by atoms with Gasteiger partial charge in [0.2, 0.25) is 0 Å². The lowest BCUT2D eigenvalue weighted by molar-refractivity contribution is 0.0581. The van der Waals surface area contributed by atoms with Crippen molar-refractivity contribution in [1.82, 2.24) is 0 Å². The number of anilines is 1. The summed E-state index contributed by atoms with van der Waals surface area (Å²) in [6.45, 7) is 6.24. The molecule has 1 amide bonds. The van der Waals surface area contributed by atoms with E-state index in [1.54, 1.807) is 4.90 Å². The number of aliphatic hydroxyl groups is 1. The zero-order valence-electron chi connectivity index (χ0n) is 16.2. The van der Waals surface area contributed by atoms with Crippen LogP contribution in [0.1, 0.15) is 70.8 Å². The molecule has 1 N–H and O–H groups in total. The number of hydrogen-bond acceptors (Lipinski definition) is 4. The summed E-state index contributed by atoms with van der Waals surface area (Å²) in [5.74, 6) is 0.974. The minimum Gasteiger partial charge on any atom is -0.490 e. The van der Waals surface area contributed by atoms with Gasteiger partial charge >= 0.3 is 6.09 Å². The SMILES string of the molecule is CC(C)(C)OC(=O)N1CC(CCO)c2cc(OC3CCCCC3)ccc21. The molecule has 144 valence electrons. The fourth-order valence-corrected chi connectivity index (χ4v) is 3.86. The lowest BCUT2D eigenvalue weighted by Crippen LogP contribution is -2.36. The fraction of sp³-hybridized carbons (Fsp3) is 0.667. The quantitative estimate of drug-likeness (QED) is 0.850. The van der Waals surface area contributed by atoms with Crippen LogP contribution in [0.5, 0.6) is 5.75 Å². The predicted molar refractivity (Wildman–Crippen MR) is 102 cm³/mol. The molecule has 1 heterocycles. The van der Waals surface area contributed by atoms with Crippen LogP contribution in [0.15, 0.2) is 18.2 Å². The van der Waals surface area contributed by atoms with Gasteiger partial charge in [0.05, 0.1) is 11.8 Å². The Morgan fingerprint density at radius 3 is 2.62 bits per heavy atom. The number of amides is 1. The lowest BCUT2D eigenvalue weighted by atomic mass is 9.97. The summed E-state index contributed by atoms with van der Waals surface area (Å²) in [6, 6.07) is 5.95. The highest BCUT2D eigenvalue weighted by Crippen LogP contribution is 2.41.